The zero-order valence-electron chi connectivity index (χ0n) is 36.7. The Balaban J connectivity index is 0.000000170. The van der Waals surface area contributed by atoms with Gasteiger partial charge in [-0.25, -0.2) is 19.9 Å². The van der Waals surface area contributed by atoms with Crippen LogP contribution in [-0.4, -0.2) is 43.3 Å². The van der Waals surface area contributed by atoms with Crippen LogP contribution in [0.5, 0.6) is 0 Å². The van der Waals surface area contributed by atoms with Gasteiger partial charge in [0, 0.05) is 94.7 Å². The van der Waals surface area contributed by atoms with E-state index >= 15 is 0 Å². The second kappa shape index (κ2) is 18.5. The van der Waals surface area contributed by atoms with E-state index in [-0.39, 0.29) is 11.1 Å². The number of rotatable bonds is 8. The predicted molar refractivity (Wildman–Crippen MR) is 272 cm³/mol. The van der Waals surface area contributed by atoms with Crippen LogP contribution in [0.25, 0.3) is 44.3 Å². The van der Waals surface area contributed by atoms with Crippen LogP contribution in [0.3, 0.4) is 0 Å². The van der Waals surface area contributed by atoms with Gasteiger partial charge in [-0.3, -0.25) is 18.7 Å². The molecule has 68 heavy (non-hydrogen) atoms. The third kappa shape index (κ3) is 8.40. The molecule has 6 heterocycles. The Labute approximate surface area is 415 Å². The van der Waals surface area contributed by atoms with E-state index in [1.165, 1.54) is 9.13 Å². The predicted octanol–water partition coefficient (Wildman–Crippen LogP) is 11.1. The lowest BCUT2D eigenvalue weighted by Gasteiger charge is -2.30. The molecule has 10 aromatic rings. The van der Waals surface area contributed by atoms with Crippen LogP contribution in [0.2, 0.25) is 20.1 Å². The first-order valence-electron chi connectivity index (χ1n) is 21.0. The highest BCUT2D eigenvalue weighted by Crippen LogP contribution is 2.45. The molecule has 10 rings (SSSR count). The van der Waals surface area contributed by atoms with Gasteiger partial charge in [-0.15, -0.1) is 11.6 Å². The molecule has 340 valence electrons. The normalized spacial score (nSPS) is 13.2. The number of hydrogen-bond donors (Lipinski definition) is 1. The van der Waals surface area contributed by atoms with E-state index in [9.17, 15) is 14.7 Å². The highest BCUT2D eigenvalue weighted by Gasteiger charge is 2.39. The van der Waals surface area contributed by atoms with E-state index in [1.807, 2.05) is 73.3 Å². The molecule has 1 N–H and O–H groups in total. The number of halogens is 5. The van der Waals surface area contributed by atoms with Crippen LogP contribution in [0.1, 0.15) is 33.6 Å². The maximum Gasteiger partial charge on any atom is 0.252 e. The van der Waals surface area contributed by atoms with Crippen LogP contribution in [-0.2, 0) is 38.7 Å². The summed E-state index contributed by atoms with van der Waals surface area (Å²) in [5, 5.41) is 16.0. The number of nitrogens with zero attached hydrogens (tertiary/aromatic N) is 8. The standard InChI is InChI=1S/C26H19Cl3N4O.C26H20Cl2N4O2/c1-32-15-30-14-23(32)26(29,17-6-8-19(27)9-7-17)18-11-22-21(16-4-3-5-20(28)10-16)12-24(34)33(2)25(22)31-13-18;1-31-15-29-14-23(31)26(34,17-6-8-19(27)9-7-17)18-11-22-21(16-4-3-5-20(28)10-16)12-24(33)32(2)25(22)30-13-18/h3-15H,1-2H3;3-15,34H,1-2H3/t26-;/m1./s1. The van der Waals surface area contributed by atoms with Crippen molar-refractivity contribution in [3.05, 3.63) is 233 Å². The fraction of sp³-hybridized carbons (Fsp3) is 0.115. The summed E-state index contributed by atoms with van der Waals surface area (Å²) in [7, 11) is 7.09. The molecule has 2 atom stereocenters. The molecule has 0 spiro atoms. The summed E-state index contributed by atoms with van der Waals surface area (Å²) in [6.07, 6.45) is 9.99. The second-order valence-electron chi connectivity index (χ2n) is 16.3. The van der Waals surface area contributed by atoms with Gasteiger partial charge in [0.15, 0.2) is 5.60 Å². The van der Waals surface area contributed by atoms with Crippen LogP contribution in [0, 0.1) is 0 Å². The minimum Gasteiger partial charge on any atom is -0.374 e. The molecular weight excluding hydrogens is 962 g/mol. The Morgan fingerprint density at radius 2 is 0.926 bits per heavy atom. The lowest BCUT2D eigenvalue weighted by molar-refractivity contribution is 0.117. The summed E-state index contributed by atoms with van der Waals surface area (Å²) in [5.41, 5.74) is 6.14. The van der Waals surface area contributed by atoms with E-state index < -0.39 is 10.5 Å². The van der Waals surface area contributed by atoms with E-state index in [2.05, 4.69) is 19.9 Å². The molecule has 11 nitrogen and oxygen atoms in total. The highest BCUT2D eigenvalue weighted by atomic mass is 35.5. The minimum atomic E-state index is -1.57. The summed E-state index contributed by atoms with van der Waals surface area (Å²) >= 11 is 32.3. The van der Waals surface area contributed by atoms with E-state index in [4.69, 9.17) is 58.0 Å². The van der Waals surface area contributed by atoms with Crippen LogP contribution < -0.4 is 11.1 Å². The highest BCUT2D eigenvalue weighted by molar-refractivity contribution is 6.32. The summed E-state index contributed by atoms with van der Waals surface area (Å²) in [5.74, 6) is 0. The van der Waals surface area contributed by atoms with Crippen molar-refractivity contribution in [2.75, 3.05) is 0 Å². The van der Waals surface area contributed by atoms with Crippen molar-refractivity contribution in [3.63, 3.8) is 0 Å². The molecule has 0 aliphatic rings. The van der Waals surface area contributed by atoms with Gasteiger partial charge in [0.25, 0.3) is 11.1 Å². The summed E-state index contributed by atoms with van der Waals surface area (Å²) < 4.78 is 6.65. The smallest absolute Gasteiger partial charge is 0.252 e. The van der Waals surface area contributed by atoms with Gasteiger partial charge in [-0.05, 0) is 94.0 Å². The average Bonchev–Trinajstić information content (AvgIpc) is 3.99. The van der Waals surface area contributed by atoms with Gasteiger partial charge in [0.1, 0.15) is 16.2 Å². The second-order valence-corrected chi connectivity index (χ2v) is 18.6. The molecule has 16 heteroatoms. The quantitative estimate of drug-likeness (QED) is 0.150. The van der Waals surface area contributed by atoms with Crippen molar-refractivity contribution >= 4 is 80.1 Å². The summed E-state index contributed by atoms with van der Waals surface area (Å²) in [6, 6.07) is 36.1. The molecule has 0 bridgehead atoms. The Bertz CT molecular complexity index is 3420. The molecule has 0 amide bonds. The van der Waals surface area contributed by atoms with Crippen LogP contribution in [0.15, 0.2) is 168 Å². The van der Waals surface area contributed by atoms with Crippen molar-refractivity contribution in [2.24, 2.45) is 28.2 Å². The van der Waals surface area contributed by atoms with Crippen molar-refractivity contribution < 1.29 is 5.11 Å². The molecule has 0 fully saturated rings. The largest absolute Gasteiger partial charge is 0.374 e. The topological polar surface area (TPSA) is 126 Å². The summed E-state index contributed by atoms with van der Waals surface area (Å²) in [6.45, 7) is 0. The average molecular weight is 1000 g/mol. The Morgan fingerprint density at radius 3 is 1.38 bits per heavy atom. The van der Waals surface area contributed by atoms with Crippen molar-refractivity contribution in [1.82, 2.24) is 38.2 Å². The van der Waals surface area contributed by atoms with Crippen molar-refractivity contribution in [2.45, 2.75) is 10.5 Å². The molecule has 4 aromatic carbocycles. The number of pyridine rings is 4. The van der Waals surface area contributed by atoms with Gasteiger partial charge in [-0.1, -0.05) is 94.9 Å². The van der Waals surface area contributed by atoms with Crippen molar-refractivity contribution in [3.8, 4) is 22.3 Å². The number of fused-ring (bicyclic) bond motifs is 2. The van der Waals surface area contributed by atoms with Crippen molar-refractivity contribution in [1.29, 1.82) is 0 Å². The first-order chi connectivity index (χ1) is 32.6. The summed E-state index contributed by atoms with van der Waals surface area (Å²) in [4.78, 5) is 42.1. The number of hydrogen-bond acceptors (Lipinski definition) is 7. The zero-order chi connectivity index (χ0) is 48.1. The molecule has 0 saturated heterocycles. The number of imidazole rings is 2. The van der Waals surface area contributed by atoms with Crippen LogP contribution in [0.4, 0.5) is 0 Å². The van der Waals surface area contributed by atoms with Gasteiger partial charge in [0.2, 0.25) is 0 Å². The van der Waals surface area contributed by atoms with Gasteiger partial charge >= 0.3 is 0 Å². The molecule has 6 aromatic heterocycles. The fourth-order valence-corrected chi connectivity index (χ4v) is 9.56. The number of aromatic nitrogens is 8. The number of aryl methyl sites for hydroxylation is 4. The SMILES string of the molecule is Cn1cncc1C(O)(c1ccc(Cl)cc1)c1cnc2c(c1)c(-c1cccc(Cl)c1)cc(=O)n2C.Cn1cncc1[C@@](Cl)(c1ccc(Cl)cc1)c1cnc2c(c1)c(-c1cccc(Cl)c1)cc(=O)n2C. The molecule has 0 aliphatic heterocycles. The van der Waals surface area contributed by atoms with E-state index in [0.29, 0.717) is 59.2 Å². The number of aliphatic hydroxyl groups is 1. The Morgan fingerprint density at radius 1 is 0.485 bits per heavy atom. The maximum atomic E-state index is 12.7. The zero-order valence-corrected chi connectivity index (χ0v) is 40.5. The lowest BCUT2D eigenvalue weighted by Crippen LogP contribution is -2.31. The van der Waals surface area contributed by atoms with E-state index in [1.54, 1.807) is 123 Å². The van der Waals surface area contributed by atoms with Gasteiger partial charge < -0.3 is 14.2 Å². The molecule has 0 radical (unpaired) electrons. The molecule has 1 unspecified atom stereocenters. The maximum absolute atomic E-state index is 12.7. The minimum absolute atomic E-state index is 0.163. The first-order valence-corrected chi connectivity index (χ1v) is 22.9. The lowest BCUT2D eigenvalue weighted by atomic mass is 9.83. The first kappa shape index (κ1) is 46.5. The third-order valence-corrected chi connectivity index (χ3v) is 13.7. The third-order valence-electron chi connectivity index (χ3n) is 12.1. The Kier molecular flexibility index (Phi) is 12.7. The number of alkyl halides is 1. The monoisotopic (exact) mass is 998 g/mol. The number of benzene rings is 4. The van der Waals surface area contributed by atoms with E-state index in [0.717, 1.165) is 38.9 Å². The fourth-order valence-electron chi connectivity index (χ4n) is 8.52. The van der Waals surface area contributed by atoms with Crippen LogP contribution >= 0.6 is 58.0 Å². The van der Waals surface area contributed by atoms with Gasteiger partial charge in [0.05, 0.1) is 36.4 Å². The molecule has 0 saturated carbocycles. The molecule has 0 aliphatic carbocycles. The Hall–Kier alpha value is -6.57. The molecular formula is C52H39Cl5N8O3. The van der Waals surface area contributed by atoms with Gasteiger partial charge in [-0.2, -0.15) is 0 Å².